The Balaban J connectivity index is 1.39. The van der Waals surface area contributed by atoms with Gasteiger partial charge in [-0.25, -0.2) is 4.39 Å². The summed E-state index contributed by atoms with van der Waals surface area (Å²) in [6, 6.07) is 11.3. The van der Waals surface area contributed by atoms with Crippen molar-refractivity contribution >= 4 is 16.9 Å². The number of nitrogens with one attached hydrogen (secondary N) is 1. The minimum atomic E-state index is -0.282. The summed E-state index contributed by atoms with van der Waals surface area (Å²) in [5.41, 5.74) is 2.04. The van der Waals surface area contributed by atoms with E-state index in [9.17, 15) is 9.18 Å². The quantitative estimate of drug-likeness (QED) is 0.782. The average Bonchev–Trinajstić information content (AvgIpc) is 3.15. The van der Waals surface area contributed by atoms with Crippen molar-refractivity contribution in [2.24, 2.45) is 5.92 Å². The topological polar surface area (TPSA) is 71.1 Å². The van der Waals surface area contributed by atoms with E-state index in [1.54, 1.807) is 30.3 Å². The van der Waals surface area contributed by atoms with E-state index in [-0.39, 0.29) is 17.6 Å². The number of amides is 1. The lowest BCUT2D eigenvalue weighted by molar-refractivity contribution is 0.0633. The maximum absolute atomic E-state index is 12.9. The van der Waals surface area contributed by atoms with Gasteiger partial charge in [-0.1, -0.05) is 0 Å². The molecule has 134 valence electrons. The van der Waals surface area contributed by atoms with Gasteiger partial charge in [0.2, 0.25) is 0 Å². The molecule has 4 rings (SSSR count). The summed E-state index contributed by atoms with van der Waals surface area (Å²) >= 11 is 0. The van der Waals surface area contributed by atoms with E-state index in [1.165, 1.54) is 12.1 Å². The van der Waals surface area contributed by atoms with Gasteiger partial charge < -0.3 is 9.64 Å². The Labute approximate surface area is 150 Å². The fraction of sp³-hybridized carbons (Fsp3) is 0.316. The molecule has 0 saturated carbocycles. The highest BCUT2D eigenvalue weighted by Gasteiger charge is 2.25. The largest absolute Gasteiger partial charge is 0.493 e. The number of piperidine rings is 1. The molecule has 1 aromatic heterocycles. The van der Waals surface area contributed by atoms with Crippen LogP contribution in [0, 0.1) is 11.7 Å². The highest BCUT2D eigenvalue weighted by Crippen LogP contribution is 2.21. The number of halogens is 1. The number of carbonyl (C=O) groups excluding carboxylic acids is 1. The predicted molar refractivity (Wildman–Crippen MR) is 94.4 cm³/mol. The number of aromatic nitrogens is 3. The van der Waals surface area contributed by atoms with Crippen molar-refractivity contribution in [3.63, 3.8) is 0 Å². The van der Waals surface area contributed by atoms with Crippen LogP contribution < -0.4 is 4.74 Å². The van der Waals surface area contributed by atoms with E-state index < -0.39 is 0 Å². The molecule has 0 aliphatic carbocycles. The van der Waals surface area contributed by atoms with Gasteiger partial charge in [-0.05, 0) is 55.3 Å². The number of rotatable bonds is 4. The fourth-order valence-electron chi connectivity index (χ4n) is 3.29. The number of hydrogen-bond donors (Lipinski definition) is 1. The van der Waals surface area contributed by atoms with Gasteiger partial charge in [-0.2, -0.15) is 15.4 Å². The van der Waals surface area contributed by atoms with Gasteiger partial charge in [0.05, 0.1) is 6.61 Å². The lowest BCUT2D eigenvalue weighted by Crippen LogP contribution is -2.41. The van der Waals surface area contributed by atoms with Crippen molar-refractivity contribution in [3.05, 3.63) is 53.8 Å². The number of carbonyl (C=O) groups is 1. The van der Waals surface area contributed by atoms with Crippen LogP contribution >= 0.6 is 0 Å². The van der Waals surface area contributed by atoms with Crippen LogP contribution in [0.2, 0.25) is 0 Å². The molecule has 1 saturated heterocycles. The van der Waals surface area contributed by atoms with Crippen LogP contribution in [0.25, 0.3) is 11.0 Å². The van der Waals surface area contributed by atoms with Gasteiger partial charge in [-0.15, -0.1) is 0 Å². The molecular weight excluding hydrogens is 335 g/mol. The minimum absolute atomic E-state index is 0.00128. The molecule has 3 aromatic rings. The van der Waals surface area contributed by atoms with Crippen LogP contribution in [0.4, 0.5) is 4.39 Å². The minimum Gasteiger partial charge on any atom is -0.493 e. The van der Waals surface area contributed by atoms with E-state index in [1.807, 2.05) is 4.90 Å². The first-order chi connectivity index (χ1) is 12.7. The molecule has 7 heteroatoms. The molecule has 1 amide bonds. The molecule has 1 atom stereocenters. The molecule has 1 aliphatic heterocycles. The van der Waals surface area contributed by atoms with Crippen molar-refractivity contribution in [1.29, 1.82) is 0 Å². The monoisotopic (exact) mass is 354 g/mol. The van der Waals surface area contributed by atoms with Crippen LogP contribution in [0.1, 0.15) is 23.2 Å². The highest BCUT2D eigenvalue weighted by molar-refractivity contribution is 5.97. The van der Waals surface area contributed by atoms with E-state index in [4.69, 9.17) is 4.74 Å². The first kappa shape index (κ1) is 16.5. The Morgan fingerprint density at radius 2 is 2.00 bits per heavy atom. The zero-order chi connectivity index (χ0) is 17.9. The van der Waals surface area contributed by atoms with E-state index >= 15 is 0 Å². The van der Waals surface area contributed by atoms with Crippen molar-refractivity contribution < 1.29 is 13.9 Å². The third-order valence-corrected chi connectivity index (χ3v) is 4.67. The number of nitrogens with zero attached hydrogens (tertiary/aromatic N) is 3. The van der Waals surface area contributed by atoms with Crippen LogP contribution in [-0.2, 0) is 0 Å². The van der Waals surface area contributed by atoms with Crippen LogP contribution in [-0.4, -0.2) is 45.9 Å². The maximum Gasteiger partial charge on any atom is 0.253 e. The Bertz CT molecular complexity index is 909. The number of hydrogen-bond acceptors (Lipinski definition) is 4. The third kappa shape index (κ3) is 3.51. The summed E-state index contributed by atoms with van der Waals surface area (Å²) in [6.07, 6.45) is 1.95. The summed E-state index contributed by atoms with van der Waals surface area (Å²) in [7, 11) is 0. The van der Waals surface area contributed by atoms with E-state index in [0.717, 1.165) is 24.9 Å². The van der Waals surface area contributed by atoms with Crippen LogP contribution in [0.5, 0.6) is 5.75 Å². The fourth-order valence-corrected chi connectivity index (χ4v) is 3.29. The summed E-state index contributed by atoms with van der Waals surface area (Å²) in [4.78, 5) is 14.7. The zero-order valence-electron chi connectivity index (χ0n) is 14.2. The highest BCUT2D eigenvalue weighted by atomic mass is 19.1. The van der Waals surface area contributed by atoms with Crippen molar-refractivity contribution in [1.82, 2.24) is 20.3 Å². The first-order valence-corrected chi connectivity index (χ1v) is 8.67. The molecule has 2 heterocycles. The second kappa shape index (κ2) is 7.11. The standard InChI is InChI=1S/C19H19FN4O2/c20-15-4-6-16(7-5-15)26-12-13-2-1-9-24(11-13)19(25)14-3-8-17-18(10-14)22-23-21-17/h3-8,10,13H,1-2,9,11-12H2,(H,21,22,23)/t13-/m1/s1. The summed E-state index contributed by atoms with van der Waals surface area (Å²) < 4.78 is 18.7. The van der Waals surface area contributed by atoms with Gasteiger partial charge in [0.25, 0.3) is 5.91 Å². The van der Waals surface area contributed by atoms with E-state index in [2.05, 4.69) is 15.4 Å². The normalized spacial score (nSPS) is 17.4. The molecule has 1 N–H and O–H groups in total. The lowest BCUT2D eigenvalue weighted by atomic mass is 9.98. The number of benzene rings is 2. The molecule has 0 radical (unpaired) electrons. The Hall–Kier alpha value is -2.96. The number of H-pyrrole nitrogens is 1. The molecule has 2 aromatic carbocycles. The molecule has 6 nitrogen and oxygen atoms in total. The Morgan fingerprint density at radius 1 is 1.19 bits per heavy atom. The molecule has 0 spiro atoms. The van der Waals surface area contributed by atoms with Crippen molar-refractivity contribution in [3.8, 4) is 5.75 Å². The number of likely N-dealkylation sites (tertiary alicyclic amines) is 1. The van der Waals surface area contributed by atoms with Crippen LogP contribution in [0.3, 0.4) is 0 Å². The lowest BCUT2D eigenvalue weighted by Gasteiger charge is -2.32. The SMILES string of the molecule is O=C(c1ccc2n[nH]nc2c1)N1CCC[C@@H](COc2ccc(F)cc2)C1. The predicted octanol–water partition coefficient (Wildman–Crippen LogP) is 3.03. The van der Waals surface area contributed by atoms with Gasteiger partial charge in [0, 0.05) is 24.6 Å². The zero-order valence-corrected chi connectivity index (χ0v) is 14.2. The smallest absolute Gasteiger partial charge is 0.253 e. The number of ether oxygens (including phenoxy) is 1. The summed E-state index contributed by atoms with van der Waals surface area (Å²) in [6.45, 7) is 1.90. The van der Waals surface area contributed by atoms with Gasteiger partial charge >= 0.3 is 0 Å². The Morgan fingerprint density at radius 3 is 2.85 bits per heavy atom. The number of aromatic amines is 1. The molecule has 0 unspecified atom stereocenters. The van der Waals surface area contributed by atoms with Crippen molar-refractivity contribution in [2.45, 2.75) is 12.8 Å². The van der Waals surface area contributed by atoms with Crippen molar-refractivity contribution in [2.75, 3.05) is 19.7 Å². The molecule has 26 heavy (non-hydrogen) atoms. The van der Waals surface area contributed by atoms with E-state index in [0.29, 0.717) is 30.0 Å². The summed E-state index contributed by atoms with van der Waals surface area (Å²) in [5, 5.41) is 10.6. The first-order valence-electron chi connectivity index (χ1n) is 8.67. The molecular formula is C19H19FN4O2. The molecule has 1 fully saturated rings. The molecule has 0 bridgehead atoms. The third-order valence-electron chi connectivity index (χ3n) is 4.67. The second-order valence-electron chi connectivity index (χ2n) is 6.55. The van der Waals surface area contributed by atoms with Crippen LogP contribution in [0.15, 0.2) is 42.5 Å². The van der Waals surface area contributed by atoms with Gasteiger partial charge in [0.15, 0.2) is 0 Å². The summed E-state index contributed by atoms with van der Waals surface area (Å²) in [5.74, 6) is 0.622. The number of fused-ring (bicyclic) bond motifs is 1. The second-order valence-corrected chi connectivity index (χ2v) is 6.55. The maximum atomic E-state index is 12.9. The van der Waals surface area contributed by atoms with Gasteiger partial charge in [0.1, 0.15) is 22.6 Å². The van der Waals surface area contributed by atoms with Gasteiger partial charge in [-0.3, -0.25) is 4.79 Å². The average molecular weight is 354 g/mol. The Kier molecular flexibility index (Phi) is 4.51. The molecule has 1 aliphatic rings.